The van der Waals surface area contributed by atoms with Crippen LogP contribution in [0, 0.1) is 0 Å². The average Bonchev–Trinajstić information content (AvgIpc) is 3.52. The molecule has 1 aliphatic rings. The number of benzene rings is 3. The van der Waals surface area contributed by atoms with Gasteiger partial charge < -0.3 is 24.6 Å². The van der Waals surface area contributed by atoms with Crippen molar-refractivity contribution < 1.29 is 19.1 Å². The van der Waals surface area contributed by atoms with E-state index in [-0.39, 0.29) is 11.8 Å². The summed E-state index contributed by atoms with van der Waals surface area (Å²) in [5, 5.41) is 4.88. The smallest absolute Gasteiger partial charge is 0.264 e. The van der Waals surface area contributed by atoms with E-state index < -0.39 is 0 Å². The minimum atomic E-state index is -0.183. The Balaban J connectivity index is 1.11. The number of hydrogen-bond donors (Lipinski definition) is 1. The molecule has 0 unspecified atom stereocenters. The van der Waals surface area contributed by atoms with Gasteiger partial charge in [-0.25, -0.2) is 0 Å². The van der Waals surface area contributed by atoms with Gasteiger partial charge in [0, 0.05) is 43.1 Å². The molecule has 5 rings (SSSR count). The van der Waals surface area contributed by atoms with Crippen LogP contribution in [0.15, 0.2) is 90.3 Å². The van der Waals surface area contributed by atoms with E-state index in [0.717, 1.165) is 40.7 Å². The fraction of sp³-hybridized carbons (Fsp3) is 0.200. The Morgan fingerprint density at radius 1 is 0.868 bits per heavy atom. The fourth-order valence-corrected chi connectivity index (χ4v) is 5.00. The highest BCUT2D eigenvalue weighted by molar-refractivity contribution is 7.12. The van der Waals surface area contributed by atoms with Crippen molar-refractivity contribution >= 4 is 34.5 Å². The highest BCUT2D eigenvalue weighted by atomic mass is 32.1. The summed E-state index contributed by atoms with van der Waals surface area (Å²) in [6, 6.07) is 26.4. The zero-order chi connectivity index (χ0) is 26.3. The molecule has 1 fully saturated rings. The predicted octanol–water partition coefficient (Wildman–Crippen LogP) is 5.55. The number of amides is 2. The number of rotatable bonds is 8. The standard InChI is InChI=1S/C30H29N3O4S/c1-36-27-5-2-4-22(20-27)21-37-26-13-7-23(8-14-26)29(34)31-24-9-11-25(12-10-24)32-15-17-33(18-16-32)30(35)28-6-3-19-38-28/h2-14,19-20H,15-18,21H2,1H3,(H,31,34). The van der Waals surface area contributed by atoms with E-state index in [4.69, 9.17) is 9.47 Å². The molecule has 1 aromatic heterocycles. The Morgan fingerprint density at radius 3 is 2.32 bits per heavy atom. The third-order valence-electron chi connectivity index (χ3n) is 6.45. The molecule has 1 saturated heterocycles. The molecule has 38 heavy (non-hydrogen) atoms. The number of ether oxygens (including phenoxy) is 2. The molecule has 0 radical (unpaired) electrons. The van der Waals surface area contributed by atoms with Crippen LogP contribution in [0.25, 0.3) is 0 Å². The molecule has 0 atom stereocenters. The van der Waals surface area contributed by atoms with Gasteiger partial charge in [0.25, 0.3) is 11.8 Å². The van der Waals surface area contributed by atoms with Crippen LogP contribution in [0.5, 0.6) is 11.5 Å². The quantitative estimate of drug-likeness (QED) is 0.325. The number of carbonyl (C=O) groups is 2. The van der Waals surface area contributed by atoms with E-state index in [2.05, 4.69) is 10.2 Å². The molecule has 4 aromatic rings. The average molecular weight is 528 g/mol. The second-order valence-corrected chi connectivity index (χ2v) is 9.87. The van der Waals surface area contributed by atoms with Gasteiger partial charge >= 0.3 is 0 Å². The number of nitrogens with one attached hydrogen (secondary N) is 1. The molecule has 0 saturated carbocycles. The predicted molar refractivity (Wildman–Crippen MR) is 151 cm³/mol. The van der Waals surface area contributed by atoms with Crippen molar-refractivity contribution in [3.8, 4) is 11.5 Å². The zero-order valence-electron chi connectivity index (χ0n) is 21.1. The second kappa shape index (κ2) is 11.8. The largest absolute Gasteiger partial charge is 0.497 e. The Morgan fingerprint density at radius 2 is 1.63 bits per heavy atom. The van der Waals surface area contributed by atoms with E-state index in [1.54, 1.807) is 31.4 Å². The number of anilines is 2. The molecule has 0 bridgehead atoms. The molecule has 7 nitrogen and oxygen atoms in total. The lowest BCUT2D eigenvalue weighted by atomic mass is 10.2. The van der Waals surface area contributed by atoms with Crippen LogP contribution in [0.3, 0.4) is 0 Å². The first-order valence-corrected chi connectivity index (χ1v) is 13.3. The molecule has 2 heterocycles. The third kappa shape index (κ3) is 6.15. The maximum absolute atomic E-state index is 12.7. The summed E-state index contributed by atoms with van der Waals surface area (Å²) < 4.78 is 11.1. The van der Waals surface area contributed by atoms with Crippen molar-refractivity contribution in [1.29, 1.82) is 0 Å². The normalized spacial score (nSPS) is 13.2. The molecule has 2 amide bonds. The van der Waals surface area contributed by atoms with Gasteiger partial charge in [0.1, 0.15) is 18.1 Å². The summed E-state index contributed by atoms with van der Waals surface area (Å²) in [5.41, 5.74) is 3.35. The van der Waals surface area contributed by atoms with Crippen molar-refractivity contribution in [3.05, 3.63) is 106 Å². The lowest BCUT2D eigenvalue weighted by Gasteiger charge is -2.36. The lowest BCUT2D eigenvalue weighted by Crippen LogP contribution is -2.48. The highest BCUT2D eigenvalue weighted by Gasteiger charge is 2.22. The van der Waals surface area contributed by atoms with Crippen molar-refractivity contribution in [2.75, 3.05) is 43.5 Å². The summed E-state index contributed by atoms with van der Waals surface area (Å²) in [5.74, 6) is 1.40. The summed E-state index contributed by atoms with van der Waals surface area (Å²) in [7, 11) is 1.64. The fourth-order valence-electron chi connectivity index (χ4n) is 4.31. The van der Waals surface area contributed by atoms with Crippen molar-refractivity contribution in [2.24, 2.45) is 0 Å². The number of thiophene rings is 1. The van der Waals surface area contributed by atoms with Crippen molar-refractivity contribution in [2.45, 2.75) is 6.61 Å². The molecule has 194 valence electrons. The summed E-state index contributed by atoms with van der Waals surface area (Å²) >= 11 is 1.48. The summed E-state index contributed by atoms with van der Waals surface area (Å²) in [4.78, 5) is 30.3. The van der Waals surface area contributed by atoms with Gasteiger partial charge in [-0.15, -0.1) is 11.3 Å². The van der Waals surface area contributed by atoms with E-state index in [1.165, 1.54) is 11.3 Å². The Labute approximate surface area is 226 Å². The first-order chi connectivity index (χ1) is 18.6. The van der Waals surface area contributed by atoms with Crippen LogP contribution in [0.4, 0.5) is 11.4 Å². The number of piperazine rings is 1. The zero-order valence-corrected chi connectivity index (χ0v) is 21.9. The van der Waals surface area contributed by atoms with Crippen LogP contribution in [-0.4, -0.2) is 50.0 Å². The van der Waals surface area contributed by atoms with E-state index in [0.29, 0.717) is 31.0 Å². The SMILES string of the molecule is COc1cccc(COc2ccc(C(=O)Nc3ccc(N4CCN(C(=O)c5cccs5)CC4)cc3)cc2)c1. The lowest BCUT2D eigenvalue weighted by molar-refractivity contribution is 0.0751. The van der Waals surface area contributed by atoms with Crippen LogP contribution >= 0.6 is 11.3 Å². The second-order valence-electron chi connectivity index (χ2n) is 8.92. The van der Waals surface area contributed by atoms with Gasteiger partial charge in [-0.1, -0.05) is 18.2 Å². The van der Waals surface area contributed by atoms with Gasteiger partial charge in [-0.05, 0) is 77.7 Å². The Kier molecular flexibility index (Phi) is 7.89. The van der Waals surface area contributed by atoms with Gasteiger partial charge in [-0.3, -0.25) is 9.59 Å². The molecule has 3 aromatic carbocycles. The molecular formula is C30H29N3O4S. The molecule has 1 N–H and O–H groups in total. The van der Waals surface area contributed by atoms with E-state index in [1.807, 2.05) is 70.9 Å². The highest BCUT2D eigenvalue weighted by Crippen LogP contribution is 2.22. The van der Waals surface area contributed by atoms with Gasteiger partial charge in [0.2, 0.25) is 0 Å². The summed E-state index contributed by atoms with van der Waals surface area (Å²) in [6.07, 6.45) is 0. The van der Waals surface area contributed by atoms with Crippen molar-refractivity contribution in [1.82, 2.24) is 4.90 Å². The van der Waals surface area contributed by atoms with Gasteiger partial charge in [-0.2, -0.15) is 0 Å². The van der Waals surface area contributed by atoms with Gasteiger partial charge in [0.05, 0.1) is 12.0 Å². The van der Waals surface area contributed by atoms with Gasteiger partial charge in [0.15, 0.2) is 0 Å². The topological polar surface area (TPSA) is 71.1 Å². The molecule has 1 aliphatic heterocycles. The minimum absolute atomic E-state index is 0.106. The first kappa shape index (κ1) is 25.4. The molecule has 8 heteroatoms. The molecule has 0 aliphatic carbocycles. The maximum Gasteiger partial charge on any atom is 0.264 e. The Hall–Kier alpha value is -4.30. The van der Waals surface area contributed by atoms with Crippen LogP contribution in [-0.2, 0) is 6.61 Å². The molecular weight excluding hydrogens is 498 g/mol. The van der Waals surface area contributed by atoms with E-state index >= 15 is 0 Å². The van der Waals surface area contributed by atoms with Crippen LogP contribution in [0.2, 0.25) is 0 Å². The number of methoxy groups -OCH3 is 1. The van der Waals surface area contributed by atoms with Crippen LogP contribution < -0.4 is 19.7 Å². The third-order valence-corrected chi connectivity index (χ3v) is 7.30. The first-order valence-electron chi connectivity index (χ1n) is 12.4. The number of carbonyl (C=O) groups excluding carboxylic acids is 2. The van der Waals surface area contributed by atoms with E-state index in [9.17, 15) is 9.59 Å². The summed E-state index contributed by atoms with van der Waals surface area (Å²) in [6.45, 7) is 3.34. The Bertz CT molecular complexity index is 1360. The maximum atomic E-state index is 12.7. The molecule has 0 spiro atoms. The van der Waals surface area contributed by atoms with Crippen LogP contribution in [0.1, 0.15) is 25.6 Å². The number of nitrogens with zero attached hydrogens (tertiary/aromatic N) is 2. The van der Waals surface area contributed by atoms with Crippen molar-refractivity contribution in [3.63, 3.8) is 0 Å². The monoisotopic (exact) mass is 527 g/mol. The number of hydrogen-bond acceptors (Lipinski definition) is 6. The minimum Gasteiger partial charge on any atom is -0.497 e.